The van der Waals surface area contributed by atoms with Gasteiger partial charge in [0.2, 0.25) is 5.91 Å². The third-order valence-corrected chi connectivity index (χ3v) is 6.13. The van der Waals surface area contributed by atoms with Gasteiger partial charge in [-0.25, -0.2) is 0 Å². The molecule has 1 saturated heterocycles. The van der Waals surface area contributed by atoms with Gasteiger partial charge < -0.3 is 9.80 Å². The average Bonchev–Trinajstić information content (AvgIpc) is 3.14. The van der Waals surface area contributed by atoms with Crippen molar-refractivity contribution in [3.8, 4) is 0 Å². The predicted octanol–water partition coefficient (Wildman–Crippen LogP) is 3.95. The second-order valence-corrected chi connectivity index (χ2v) is 8.36. The summed E-state index contributed by atoms with van der Waals surface area (Å²) in [4.78, 5) is 29.1. The molecule has 1 heterocycles. The van der Waals surface area contributed by atoms with Gasteiger partial charge in [0.05, 0.1) is 0 Å². The standard InChI is InChI=1S/C20H27BrN2O2/c1-22(14-15-4-2-3-5-15)19(24)17-10-12-23(13-11-17)20(25)16-6-8-18(21)9-7-16/h6-9,15,17H,2-5,10-14H2,1H3. The highest BCUT2D eigenvalue weighted by Crippen LogP contribution is 2.27. The van der Waals surface area contributed by atoms with E-state index in [1.54, 1.807) is 0 Å². The zero-order chi connectivity index (χ0) is 17.8. The van der Waals surface area contributed by atoms with Crippen LogP contribution in [0.2, 0.25) is 0 Å². The molecule has 4 nitrogen and oxygen atoms in total. The molecule has 0 aromatic heterocycles. The van der Waals surface area contributed by atoms with Crippen LogP contribution in [0, 0.1) is 11.8 Å². The second-order valence-electron chi connectivity index (χ2n) is 7.44. The molecule has 0 spiro atoms. The molecule has 0 unspecified atom stereocenters. The van der Waals surface area contributed by atoms with E-state index in [1.807, 2.05) is 41.1 Å². The number of hydrogen-bond acceptors (Lipinski definition) is 2. The van der Waals surface area contributed by atoms with Crippen LogP contribution < -0.4 is 0 Å². The molecule has 2 aliphatic rings. The van der Waals surface area contributed by atoms with Crippen molar-refractivity contribution in [1.82, 2.24) is 9.80 Å². The summed E-state index contributed by atoms with van der Waals surface area (Å²) in [6.07, 6.45) is 6.69. The van der Waals surface area contributed by atoms with Crippen molar-refractivity contribution in [3.05, 3.63) is 34.3 Å². The molecule has 5 heteroatoms. The third kappa shape index (κ3) is 4.63. The summed E-state index contributed by atoms with van der Waals surface area (Å²) in [7, 11) is 1.94. The van der Waals surface area contributed by atoms with Crippen molar-refractivity contribution in [2.24, 2.45) is 11.8 Å². The van der Waals surface area contributed by atoms with Crippen LogP contribution in [0.3, 0.4) is 0 Å². The van der Waals surface area contributed by atoms with E-state index in [0.29, 0.717) is 24.6 Å². The van der Waals surface area contributed by atoms with Crippen molar-refractivity contribution in [2.45, 2.75) is 38.5 Å². The first-order valence-corrected chi connectivity index (χ1v) is 10.1. The van der Waals surface area contributed by atoms with E-state index in [2.05, 4.69) is 15.9 Å². The molecule has 0 N–H and O–H groups in total. The lowest BCUT2D eigenvalue weighted by atomic mass is 9.94. The van der Waals surface area contributed by atoms with Crippen LogP contribution in [0.1, 0.15) is 48.9 Å². The Morgan fingerprint density at radius 2 is 1.68 bits per heavy atom. The molecule has 1 saturated carbocycles. The molecule has 3 rings (SSSR count). The van der Waals surface area contributed by atoms with E-state index in [4.69, 9.17) is 0 Å². The minimum absolute atomic E-state index is 0.0673. The zero-order valence-corrected chi connectivity index (χ0v) is 16.5. The Labute approximate surface area is 158 Å². The number of amides is 2. The van der Waals surface area contributed by atoms with Crippen LogP contribution in [-0.4, -0.2) is 48.3 Å². The Hall–Kier alpha value is -1.36. The normalized spacial score (nSPS) is 19.2. The summed E-state index contributed by atoms with van der Waals surface area (Å²) >= 11 is 3.39. The summed E-state index contributed by atoms with van der Waals surface area (Å²) < 4.78 is 0.971. The zero-order valence-electron chi connectivity index (χ0n) is 14.9. The lowest BCUT2D eigenvalue weighted by molar-refractivity contribution is -0.136. The first-order chi connectivity index (χ1) is 12.0. The van der Waals surface area contributed by atoms with Crippen LogP contribution >= 0.6 is 15.9 Å². The Kier molecular flexibility index (Phi) is 6.15. The molecule has 25 heavy (non-hydrogen) atoms. The van der Waals surface area contributed by atoms with Gasteiger partial charge in [0.1, 0.15) is 0 Å². The quantitative estimate of drug-likeness (QED) is 0.759. The molecule has 2 amide bonds. The highest BCUT2D eigenvalue weighted by molar-refractivity contribution is 9.10. The highest BCUT2D eigenvalue weighted by Gasteiger charge is 2.30. The van der Waals surface area contributed by atoms with Gasteiger partial charge in [-0.3, -0.25) is 9.59 Å². The minimum Gasteiger partial charge on any atom is -0.345 e. The predicted molar refractivity (Wildman–Crippen MR) is 102 cm³/mol. The van der Waals surface area contributed by atoms with E-state index < -0.39 is 0 Å². The van der Waals surface area contributed by atoms with Gasteiger partial charge in [0, 0.05) is 42.6 Å². The van der Waals surface area contributed by atoms with Crippen LogP contribution in [0.15, 0.2) is 28.7 Å². The van der Waals surface area contributed by atoms with E-state index in [1.165, 1.54) is 25.7 Å². The maximum atomic E-state index is 12.7. The van der Waals surface area contributed by atoms with Crippen molar-refractivity contribution < 1.29 is 9.59 Å². The summed E-state index contributed by atoms with van der Waals surface area (Å²) in [6, 6.07) is 7.47. The van der Waals surface area contributed by atoms with Gasteiger partial charge in [-0.05, 0) is 55.9 Å². The fraction of sp³-hybridized carbons (Fsp3) is 0.600. The molecule has 1 aromatic carbocycles. The Morgan fingerprint density at radius 1 is 1.08 bits per heavy atom. The highest BCUT2D eigenvalue weighted by atomic mass is 79.9. The van der Waals surface area contributed by atoms with Crippen molar-refractivity contribution in [2.75, 3.05) is 26.7 Å². The number of rotatable bonds is 4. The van der Waals surface area contributed by atoms with Gasteiger partial charge in [0.25, 0.3) is 5.91 Å². The molecule has 1 aliphatic heterocycles. The maximum Gasteiger partial charge on any atom is 0.253 e. The third-order valence-electron chi connectivity index (χ3n) is 5.61. The largest absolute Gasteiger partial charge is 0.345 e. The van der Waals surface area contributed by atoms with Crippen molar-refractivity contribution in [1.29, 1.82) is 0 Å². The van der Waals surface area contributed by atoms with Gasteiger partial charge >= 0.3 is 0 Å². The molecule has 0 radical (unpaired) electrons. The minimum atomic E-state index is 0.0673. The SMILES string of the molecule is CN(CC1CCCC1)C(=O)C1CCN(C(=O)c2ccc(Br)cc2)CC1. The summed E-state index contributed by atoms with van der Waals surface area (Å²) in [5.74, 6) is 1.09. The molecule has 136 valence electrons. The Balaban J connectivity index is 1.49. The van der Waals surface area contributed by atoms with Crippen LogP contribution in [-0.2, 0) is 4.79 Å². The van der Waals surface area contributed by atoms with Gasteiger partial charge in [0.15, 0.2) is 0 Å². The number of benzene rings is 1. The van der Waals surface area contributed by atoms with Gasteiger partial charge in [-0.1, -0.05) is 28.8 Å². The van der Waals surface area contributed by atoms with Gasteiger partial charge in [-0.15, -0.1) is 0 Å². The first kappa shape index (κ1) is 18.4. The Bertz CT molecular complexity index is 603. The fourth-order valence-corrected chi connectivity index (χ4v) is 4.35. The van der Waals surface area contributed by atoms with E-state index >= 15 is 0 Å². The monoisotopic (exact) mass is 406 g/mol. The van der Waals surface area contributed by atoms with Crippen LogP contribution in [0.4, 0.5) is 0 Å². The van der Waals surface area contributed by atoms with Gasteiger partial charge in [-0.2, -0.15) is 0 Å². The summed E-state index contributed by atoms with van der Waals surface area (Å²) in [5.41, 5.74) is 0.714. The molecular weight excluding hydrogens is 380 g/mol. The number of carbonyl (C=O) groups is 2. The fourth-order valence-electron chi connectivity index (χ4n) is 4.09. The number of likely N-dealkylation sites (tertiary alicyclic amines) is 1. The topological polar surface area (TPSA) is 40.6 Å². The number of nitrogens with zero attached hydrogens (tertiary/aromatic N) is 2. The van der Waals surface area contributed by atoms with Crippen LogP contribution in [0.5, 0.6) is 0 Å². The molecule has 1 aliphatic carbocycles. The lowest BCUT2D eigenvalue weighted by Crippen LogP contribution is -2.44. The van der Waals surface area contributed by atoms with Crippen LogP contribution in [0.25, 0.3) is 0 Å². The second kappa shape index (κ2) is 8.35. The smallest absolute Gasteiger partial charge is 0.253 e. The molecule has 0 bridgehead atoms. The van der Waals surface area contributed by atoms with Crippen molar-refractivity contribution >= 4 is 27.7 Å². The van der Waals surface area contributed by atoms with Crippen molar-refractivity contribution in [3.63, 3.8) is 0 Å². The first-order valence-electron chi connectivity index (χ1n) is 9.34. The van der Waals surface area contributed by atoms with E-state index in [-0.39, 0.29) is 17.7 Å². The number of halogens is 1. The summed E-state index contributed by atoms with van der Waals surface area (Å²) in [6.45, 7) is 2.24. The lowest BCUT2D eigenvalue weighted by Gasteiger charge is -2.34. The average molecular weight is 407 g/mol. The van der Waals surface area contributed by atoms with E-state index in [0.717, 1.165) is 23.9 Å². The molecule has 2 fully saturated rings. The number of carbonyl (C=O) groups excluding carboxylic acids is 2. The molecule has 1 aromatic rings. The number of hydrogen-bond donors (Lipinski definition) is 0. The summed E-state index contributed by atoms with van der Waals surface area (Å²) in [5, 5.41) is 0. The molecular formula is C20H27BrN2O2. The van der Waals surface area contributed by atoms with E-state index in [9.17, 15) is 9.59 Å². The Morgan fingerprint density at radius 3 is 2.28 bits per heavy atom. The number of piperidine rings is 1. The molecule has 0 atom stereocenters. The maximum absolute atomic E-state index is 12.7.